The van der Waals surface area contributed by atoms with Gasteiger partial charge in [0, 0.05) is 38.9 Å². The minimum Gasteiger partial charge on any atom is -0.382 e. The fourth-order valence-corrected chi connectivity index (χ4v) is 6.90. The number of H-pyrrole nitrogens is 1. The molecule has 5 atom stereocenters. The molecule has 1 aromatic heterocycles. The van der Waals surface area contributed by atoms with Crippen molar-refractivity contribution < 1.29 is 28.0 Å². The van der Waals surface area contributed by atoms with Crippen LogP contribution >= 0.6 is 20.0 Å². The maximum atomic E-state index is 12.6. The smallest absolute Gasteiger partial charge is 0.382 e. The van der Waals surface area contributed by atoms with Crippen molar-refractivity contribution in [1.82, 2.24) is 14.9 Å². The highest BCUT2D eigenvalue weighted by Gasteiger charge is 2.48. The van der Waals surface area contributed by atoms with Crippen LogP contribution in [0, 0.1) is 5.92 Å². The molecule has 0 aromatic carbocycles. The molecule has 1 aliphatic rings. The summed E-state index contributed by atoms with van der Waals surface area (Å²) in [5, 5.41) is 3.39. The summed E-state index contributed by atoms with van der Waals surface area (Å²) in [7, 11) is -1.81. The number of rotatable bonds is 27. The van der Waals surface area contributed by atoms with E-state index in [1.54, 1.807) is 0 Å². The van der Waals surface area contributed by atoms with E-state index in [4.69, 9.17) is 26.2 Å². The molecule has 0 spiro atoms. The summed E-state index contributed by atoms with van der Waals surface area (Å²) in [5.41, 5.74) is -1.18. The molecule has 0 saturated carbocycles. The average molecular weight is 702 g/mol. The van der Waals surface area contributed by atoms with Crippen LogP contribution in [0.4, 0.5) is 0 Å². The quantitative estimate of drug-likeness (QED) is 0.0369. The van der Waals surface area contributed by atoms with Gasteiger partial charge < -0.3 is 19.7 Å². The summed E-state index contributed by atoms with van der Waals surface area (Å²) in [6.07, 6.45) is 24.5. The number of hydrogen-bond donors (Lipinski definition) is 3. The zero-order valence-electron chi connectivity index (χ0n) is 28.9. The lowest BCUT2D eigenvalue weighted by molar-refractivity contribution is -0.0561. The molecule has 0 bridgehead atoms. The normalized spacial score (nSPS) is 20.9. The second-order valence-electron chi connectivity index (χ2n) is 12.5. The number of thiocarbonyl (C=S) groups is 1. The molecule has 47 heavy (non-hydrogen) atoms. The van der Waals surface area contributed by atoms with Gasteiger partial charge in [-0.25, -0.2) is 9.36 Å². The van der Waals surface area contributed by atoms with Gasteiger partial charge in [-0.05, 0) is 38.5 Å². The first-order valence-corrected chi connectivity index (χ1v) is 19.6. The Bertz CT molecular complexity index is 1190. The lowest BCUT2D eigenvalue weighted by Gasteiger charge is -2.25. The monoisotopic (exact) mass is 701 g/mol. The van der Waals surface area contributed by atoms with E-state index in [0.717, 1.165) is 50.7 Å². The van der Waals surface area contributed by atoms with Gasteiger partial charge in [-0.3, -0.25) is 23.4 Å². The Morgan fingerprint density at radius 1 is 1.00 bits per heavy atom. The number of hydrogen-bond acceptors (Lipinski definition) is 8. The first-order valence-electron chi connectivity index (χ1n) is 17.7. The van der Waals surface area contributed by atoms with Crippen molar-refractivity contribution in [3.8, 4) is 0 Å². The van der Waals surface area contributed by atoms with Crippen LogP contribution in [0.5, 0.6) is 0 Å². The van der Waals surface area contributed by atoms with Gasteiger partial charge in [0.15, 0.2) is 0 Å². The fraction of sp³-hybridized carbons (Fsp3) is 0.794. The number of aromatic nitrogens is 2. The van der Waals surface area contributed by atoms with E-state index < -0.39 is 43.4 Å². The number of unbranched alkanes of at least 4 members (excludes halogenated alkanes) is 14. The van der Waals surface area contributed by atoms with Crippen molar-refractivity contribution >= 4 is 25.0 Å². The van der Waals surface area contributed by atoms with Gasteiger partial charge in [0.25, 0.3) is 5.56 Å². The molecule has 3 N–H and O–H groups in total. The van der Waals surface area contributed by atoms with Crippen LogP contribution in [0.15, 0.2) is 34.0 Å². The molecule has 11 nitrogen and oxygen atoms in total. The predicted octanol–water partition coefficient (Wildman–Crippen LogP) is 7.34. The average Bonchev–Trinajstić information content (AvgIpc) is 3.36. The summed E-state index contributed by atoms with van der Waals surface area (Å²) in [6, 6.07) is 1.22. The summed E-state index contributed by atoms with van der Waals surface area (Å²) in [5.74, 6) is -0.533. The number of methoxy groups -OCH3 is 1. The highest BCUT2D eigenvalue weighted by atomic mass is 32.1. The summed E-state index contributed by atoms with van der Waals surface area (Å²) in [4.78, 5) is 37.5. The Kier molecular flexibility index (Phi) is 21.6. The molecular formula is C34H60N3O8PS. The molecule has 1 fully saturated rings. The summed E-state index contributed by atoms with van der Waals surface area (Å²) < 4.78 is 35.1. The van der Waals surface area contributed by atoms with Crippen molar-refractivity contribution in [2.45, 2.75) is 141 Å². The molecule has 1 saturated heterocycles. The SMILES string of the molecule is CCCCCCCCCCCCCCCC(=S)NCCCC/C=C/C[C@H]1C(OP(=O)(O)OC)[C@@H](COC)O[C@H]1n1ccc(=O)[nH]c1=O. The number of nitrogens with zero attached hydrogens (tertiary/aromatic N) is 1. The second kappa shape index (κ2) is 24.5. The van der Waals surface area contributed by atoms with Crippen molar-refractivity contribution in [2.24, 2.45) is 5.92 Å². The molecule has 0 amide bonds. The molecular weight excluding hydrogens is 641 g/mol. The van der Waals surface area contributed by atoms with Crippen molar-refractivity contribution in [3.63, 3.8) is 0 Å². The minimum absolute atomic E-state index is 0.0669. The summed E-state index contributed by atoms with van der Waals surface area (Å²) >= 11 is 5.53. The lowest BCUT2D eigenvalue weighted by atomic mass is 9.95. The van der Waals surface area contributed by atoms with Crippen molar-refractivity contribution in [2.75, 3.05) is 27.4 Å². The van der Waals surface area contributed by atoms with Crippen LogP contribution in [-0.2, 0) is 23.1 Å². The minimum atomic E-state index is -4.37. The van der Waals surface area contributed by atoms with Gasteiger partial charge in [0.05, 0.1) is 11.6 Å². The molecule has 1 aliphatic heterocycles. The molecule has 0 aliphatic carbocycles. The van der Waals surface area contributed by atoms with Crippen LogP contribution in [0.2, 0.25) is 0 Å². The van der Waals surface area contributed by atoms with E-state index in [-0.39, 0.29) is 6.61 Å². The largest absolute Gasteiger partial charge is 0.472 e. The number of nitrogens with one attached hydrogen (secondary N) is 2. The molecule has 1 aromatic rings. The Morgan fingerprint density at radius 3 is 2.23 bits per heavy atom. The summed E-state index contributed by atoms with van der Waals surface area (Å²) in [6.45, 7) is 3.18. The van der Waals surface area contributed by atoms with Crippen LogP contribution in [0.1, 0.15) is 129 Å². The number of allylic oxidation sites excluding steroid dienone is 2. The van der Waals surface area contributed by atoms with Crippen LogP contribution in [0.3, 0.4) is 0 Å². The van der Waals surface area contributed by atoms with Gasteiger partial charge >= 0.3 is 13.5 Å². The first-order chi connectivity index (χ1) is 22.7. The first kappa shape index (κ1) is 41.5. The highest BCUT2D eigenvalue weighted by Crippen LogP contribution is 2.50. The van der Waals surface area contributed by atoms with Gasteiger partial charge in [-0.2, -0.15) is 0 Å². The highest BCUT2D eigenvalue weighted by molar-refractivity contribution is 7.80. The van der Waals surface area contributed by atoms with Gasteiger partial charge in [0.2, 0.25) is 0 Å². The maximum absolute atomic E-state index is 12.6. The topological polar surface area (TPSA) is 141 Å². The Hall–Kier alpha value is -1.66. The fourth-order valence-electron chi connectivity index (χ4n) is 5.96. The Labute approximate surface area is 286 Å². The van der Waals surface area contributed by atoms with Gasteiger partial charge in [-0.15, -0.1) is 0 Å². The molecule has 2 unspecified atom stereocenters. The predicted molar refractivity (Wildman–Crippen MR) is 191 cm³/mol. The third-order valence-electron chi connectivity index (χ3n) is 8.61. The zero-order valence-corrected chi connectivity index (χ0v) is 30.6. The number of phosphoric acid groups is 1. The Balaban J connectivity index is 1.67. The van der Waals surface area contributed by atoms with Crippen LogP contribution < -0.4 is 16.6 Å². The van der Waals surface area contributed by atoms with E-state index in [9.17, 15) is 19.0 Å². The van der Waals surface area contributed by atoms with E-state index in [0.29, 0.717) is 6.42 Å². The second-order valence-corrected chi connectivity index (χ2v) is 14.5. The lowest BCUT2D eigenvalue weighted by Crippen LogP contribution is -2.35. The van der Waals surface area contributed by atoms with Crippen LogP contribution in [-0.4, -0.2) is 59.0 Å². The van der Waals surface area contributed by atoms with E-state index in [2.05, 4.69) is 21.7 Å². The number of ether oxygens (including phenoxy) is 2. The molecule has 2 rings (SSSR count). The van der Waals surface area contributed by atoms with Crippen molar-refractivity contribution in [1.29, 1.82) is 0 Å². The molecule has 2 heterocycles. The van der Waals surface area contributed by atoms with Crippen molar-refractivity contribution in [3.05, 3.63) is 45.3 Å². The molecule has 13 heteroatoms. The Morgan fingerprint density at radius 2 is 1.64 bits per heavy atom. The third kappa shape index (κ3) is 17.0. The molecule has 270 valence electrons. The maximum Gasteiger partial charge on any atom is 0.472 e. The van der Waals surface area contributed by atoms with E-state index in [1.807, 2.05) is 12.2 Å². The van der Waals surface area contributed by atoms with E-state index >= 15 is 0 Å². The number of phosphoric ester groups is 1. The standard InChI is InChI=1S/C34H60N3O8PS/c1-4-5-6-7-8-9-10-11-12-13-14-17-20-23-31(47)35-25-21-18-15-16-19-22-28-32(45-46(40,41)43-3)29(27-42-2)44-33(28)37-26-24-30(38)36-34(37)39/h16,19,24,26,28-29,32-33H,4-15,17-18,20-23,25,27H2,1-3H3,(H,35,47)(H,40,41)(H,36,38,39)/b19-16+/t28-,29+,32?,33+/m0/s1. The van der Waals surface area contributed by atoms with Gasteiger partial charge in [-0.1, -0.05) is 108 Å². The van der Waals surface area contributed by atoms with Crippen LogP contribution in [0.25, 0.3) is 0 Å². The van der Waals surface area contributed by atoms with E-state index in [1.165, 1.54) is 101 Å². The third-order valence-corrected chi connectivity index (χ3v) is 9.93. The number of aromatic amines is 1. The zero-order chi connectivity index (χ0) is 34.3. The van der Waals surface area contributed by atoms with Gasteiger partial charge in [0.1, 0.15) is 18.4 Å². The molecule has 0 radical (unpaired) electrons.